The number of benzene rings is 1. The van der Waals surface area contributed by atoms with Crippen molar-refractivity contribution >= 4 is 17.8 Å². The maximum Gasteiger partial charge on any atom is 0.410 e. The minimum absolute atomic E-state index is 0.0419. The summed E-state index contributed by atoms with van der Waals surface area (Å²) in [6, 6.07) is 6.48. The highest BCUT2D eigenvalue weighted by Crippen LogP contribution is 2.23. The highest BCUT2D eigenvalue weighted by Gasteiger charge is 2.30. The number of methoxy groups -OCH3 is 1. The van der Waals surface area contributed by atoms with Crippen LogP contribution in [0.15, 0.2) is 24.3 Å². The fraction of sp³-hybridized carbons (Fsp3) is 0.526. The normalized spacial score (nSPS) is 15.6. The van der Waals surface area contributed by atoms with E-state index in [1.54, 1.807) is 29.2 Å². The molecule has 0 bridgehead atoms. The van der Waals surface area contributed by atoms with Crippen LogP contribution in [0.5, 0.6) is 0 Å². The monoisotopic (exact) mass is 347 g/mol. The second kappa shape index (κ2) is 7.68. The van der Waals surface area contributed by atoms with Crippen molar-refractivity contribution in [3.05, 3.63) is 35.4 Å². The lowest BCUT2D eigenvalue weighted by atomic mass is 9.89. The van der Waals surface area contributed by atoms with E-state index >= 15 is 0 Å². The number of rotatable bonds is 3. The number of nitrogens with zero attached hydrogens (tertiary/aromatic N) is 1. The predicted molar refractivity (Wildman–Crippen MR) is 92.6 cm³/mol. The Morgan fingerprint density at radius 3 is 2.00 bits per heavy atom. The molecule has 0 N–H and O–H groups in total. The molecule has 1 aliphatic heterocycles. The van der Waals surface area contributed by atoms with Gasteiger partial charge in [-0.15, -0.1) is 0 Å². The molecule has 0 aromatic heterocycles. The molecule has 1 heterocycles. The lowest BCUT2D eigenvalue weighted by Crippen LogP contribution is -2.43. The fourth-order valence-corrected chi connectivity index (χ4v) is 2.77. The minimum Gasteiger partial charge on any atom is -0.465 e. The molecule has 1 aromatic rings. The van der Waals surface area contributed by atoms with Crippen LogP contribution in [0.1, 0.15) is 54.3 Å². The van der Waals surface area contributed by atoms with Crippen LogP contribution in [-0.4, -0.2) is 48.5 Å². The molecule has 1 amide bonds. The molecule has 2 rings (SSSR count). The minimum atomic E-state index is -0.523. The number of hydrogen-bond donors (Lipinski definition) is 0. The van der Waals surface area contributed by atoms with Crippen molar-refractivity contribution in [1.82, 2.24) is 4.90 Å². The van der Waals surface area contributed by atoms with Gasteiger partial charge in [0, 0.05) is 24.6 Å². The molecule has 1 fully saturated rings. The van der Waals surface area contributed by atoms with Crippen molar-refractivity contribution in [2.24, 2.45) is 5.92 Å². The van der Waals surface area contributed by atoms with E-state index in [4.69, 9.17) is 4.74 Å². The van der Waals surface area contributed by atoms with Crippen molar-refractivity contribution in [2.45, 2.75) is 39.2 Å². The lowest BCUT2D eigenvalue weighted by molar-refractivity contribution is 0.0182. The number of likely N-dealkylation sites (tertiary alicyclic amines) is 1. The van der Waals surface area contributed by atoms with E-state index in [-0.39, 0.29) is 17.8 Å². The fourth-order valence-electron chi connectivity index (χ4n) is 2.77. The van der Waals surface area contributed by atoms with Crippen LogP contribution in [0.3, 0.4) is 0 Å². The zero-order valence-electron chi connectivity index (χ0n) is 15.2. The Kier molecular flexibility index (Phi) is 5.82. The molecule has 136 valence electrons. The Hall–Kier alpha value is -2.37. The molecule has 0 atom stereocenters. The first-order valence-electron chi connectivity index (χ1n) is 8.42. The predicted octanol–water partition coefficient (Wildman–Crippen LogP) is 3.30. The van der Waals surface area contributed by atoms with E-state index in [0.717, 1.165) is 0 Å². The largest absolute Gasteiger partial charge is 0.465 e. The molecule has 6 nitrogen and oxygen atoms in total. The van der Waals surface area contributed by atoms with E-state index in [1.807, 2.05) is 20.8 Å². The SMILES string of the molecule is COC(=O)c1ccc(C(=O)C2CCN(C(=O)OC(C)(C)C)CC2)cc1. The van der Waals surface area contributed by atoms with Crippen molar-refractivity contribution in [3.63, 3.8) is 0 Å². The van der Waals surface area contributed by atoms with Gasteiger partial charge in [-0.05, 0) is 45.7 Å². The maximum absolute atomic E-state index is 12.6. The topological polar surface area (TPSA) is 72.9 Å². The number of amides is 1. The number of ketones is 1. The van der Waals surface area contributed by atoms with Crippen LogP contribution in [0.2, 0.25) is 0 Å². The van der Waals surface area contributed by atoms with Gasteiger partial charge in [0.15, 0.2) is 5.78 Å². The molecule has 1 aromatic carbocycles. The summed E-state index contributed by atoms with van der Waals surface area (Å²) in [6.45, 7) is 6.51. The van der Waals surface area contributed by atoms with Crippen LogP contribution >= 0.6 is 0 Å². The van der Waals surface area contributed by atoms with Gasteiger partial charge in [0.05, 0.1) is 12.7 Å². The summed E-state index contributed by atoms with van der Waals surface area (Å²) in [4.78, 5) is 37.8. The zero-order valence-corrected chi connectivity index (χ0v) is 15.2. The summed E-state index contributed by atoms with van der Waals surface area (Å²) in [6.07, 6.45) is 0.883. The third-order valence-electron chi connectivity index (χ3n) is 4.11. The van der Waals surface area contributed by atoms with Crippen molar-refractivity contribution in [1.29, 1.82) is 0 Å². The van der Waals surface area contributed by atoms with Crippen LogP contribution in [0, 0.1) is 5.92 Å². The Morgan fingerprint density at radius 1 is 1.00 bits per heavy atom. The second-order valence-corrected chi connectivity index (χ2v) is 7.17. The number of carbonyl (C=O) groups is 3. The number of carbonyl (C=O) groups excluding carboxylic acids is 3. The summed E-state index contributed by atoms with van der Waals surface area (Å²) in [7, 11) is 1.32. The van der Waals surface area contributed by atoms with Gasteiger partial charge < -0.3 is 14.4 Å². The van der Waals surface area contributed by atoms with E-state index in [0.29, 0.717) is 37.1 Å². The molecule has 0 unspecified atom stereocenters. The molecule has 1 aliphatic rings. The Labute approximate surface area is 148 Å². The van der Waals surface area contributed by atoms with Crippen LogP contribution in [0.4, 0.5) is 4.79 Å². The standard InChI is InChI=1S/C19H25NO5/c1-19(2,3)25-18(23)20-11-9-14(10-12-20)16(21)13-5-7-15(8-6-13)17(22)24-4/h5-8,14H,9-12H2,1-4H3. The van der Waals surface area contributed by atoms with Gasteiger partial charge in [-0.25, -0.2) is 9.59 Å². The average molecular weight is 347 g/mol. The number of ether oxygens (including phenoxy) is 2. The Bertz CT molecular complexity index is 637. The van der Waals surface area contributed by atoms with Gasteiger partial charge in [-0.1, -0.05) is 12.1 Å². The van der Waals surface area contributed by atoms with Crippen molar-refractivity contribution in [2.75, 3.05) is 20.2 Å². The average Bonchev–Trinajstić information content (AvgIpc) is 2.59. The Balaban J connectivity index is 1.93. The first-order valence-corrected chi connectivity index (χ1v) is 8.42. The smallest absolute Gasteiger partial charge is 0.410 e. The van der Waals surface area contributed by atoms with Gasteiger partial charge in [-0.2, -0.15) is 0 Å². The summed E-state index contributed by atoms with van der Waals surface area (Å²) in [5.41, 5.74) is 0.465. The first kappa shape index (κ1) is 19.0. The molecule has 0 spiro atoms. The highest BCUT2D eigenvalue weighted by molar-refractivity contribution is 5.99. The number of piperidine rings is 1. The second-order valence-electron chi connectivity index (χ2n) is 7.17. The van der Waals surface area contributed by atoms with E-state index in [1.165, 1.54) is 7.11 Å². The van der Waals surface area contributed by atoms with Crippen molar-refractivity contribution in [3.8, 4) is 0 Å². The van der Waals surface area contributed by atoms with Crippen LogP contribution < -0.4 is 0 Å². The molecule has 0 aliphatic carbocycles. The van der Waals surface area contributed by atoms with E-state index in [2.05, 4.69) is 4.74 Å². The lowest BCUT2D eigenvalue weighted by Gasteiger charge is -2.33. The van der Waals surface area contributed by atoms with Gasteiger partial charge in [-0.3, -0.25) is 4.79 Å². The quantitative estimate of drug-likeness (QED) is 0.619. The molecule has 0 saturated carbocycles. The zero-order chi connectivity index (χ0) is 18.6. The maximum atomic E-state index is 12.6. The third kappa shape index (κ3) is 5.05. The molecule has 1 saturated heterocycles. The van der Waals surface area contributed by atoms with Gasteiger partial charge in [0.25, 0.3) is 0 Å². The van der Waals surface area contributed by atoms with E-state index < -0.39 is 11.6 Å². The number of Topliss-reactive ketones (excluding diaryl/α,β-unsaturated/α-hetero) is 1. The summed E-state index contributed by atoms with van der Waals surface area (Å²) >= 11 is 0. The molecule has 0 radical (unpaired) electrons. The molecule has 25 heavy (non-hydrogen) atoms. The summed E-state index contributed by atoms with van der Waals surface area (Å²) < 4.78 is 10.0. The summed E-state index contributed by atoms with van der Waals surface area (Å²) in [5, 5.41) is 0. The third-order valence-corrected chi connectivity index (χ3v) is 4.11. The summed E-state index contributed by atoms with van der Waals surface area (Å²) in [5.74, 6) is -0.507. The van der Waals surface area contributed by atoms with Crippen LogP contribution in [-0.2, 0) is 9.47 Å². The van der Waals surface area contributed by atoms with Gasteiger partial charge >= 0.3 is 12.1 Å². The van der Waals surface area contributed by atoms with E-state index in [9.17, 15) is 14.4 Å². The number of esters is 1. The Morgan fingerprint density at radius 2 is 1.52 bits per heavy atom. The van der Waals surface area contributed by atoms with Crippen LogP contribution in [0.25, 0.3) is 0 Å². The highest BCUT2D eigenvalue weighted by atomic mass is 16.6. The van der Waals surface area contributed by atoms with Gasteiger partial charge in [0.1, 0.15) is 5.60 Å². The molecule has 6 heteroatoms. The molecular formula is C19H25NO5. The first-order chi connectivity index (χ1) is 11.7. The molecular weight excluding hydrogens is 322 g/mol. The number of hydrogen-bond acceptors (Lipinski definition) is 5. The van der Waals surface area contributed by atoms with Crippen molar-refractivity contribution < 1.29 is 23.9 Å². The van der Waals surface area contributed by atoms with Gasteiger partial charge in [0.2, 0.25) is 0 Å².